The molecule has 0 bridgehead atoms. The van der Waals surface area contributed by atoms with Gasteiger partial charge in [0.15, 0.2) is 5.96 Å². The number of rotatable bonds is 4. The quantitative estimate of drug-likeness (QED) is 0.492. The van der Waals surface area contributed by atoms with Crippen molar-refractivity contribution in [1.29, 1.82) is 0 Å². The Bertz CT molecular complexity index is 648. The lowest BCUT2D eigenvalue weighted by Crippen LogP contribution is -2.33. The van der Waals surface area contributed by atoms with Gasteiger partial charge in [0.2, 0.25) is 0 Å². The van der Waals surface area contributed by atoms with E-state index in [1.807, 2.05) is 26.0 Å². The molecule has 2 aromatic rings. The van der Waals surface area contributed by atoms with Crippen LogP contribution < -0.4 is 14.4 Å². The van der Waals surface area contributed by atoms with E-state index in [9.17, 15) is 9.46 Å². The number of benzene rings is 2. The fraction of sp³-hybridized carbons (Fsp3) is 0.235. The number of hydrogen-bond acceptors (Lipinski definition) is 4. The third-order valence-corrected chi connectivity index (χ3v) is 3.67. The molecule has 2 aromatic carbocycles. The van der Waals surface area contributed by atoms with Crippen LogP contribution in [0, 0.1) is 0 Å². The van der Waals surface area contributed by atoms with Crippen molar-refractivity contribution in [3.63, 3.8) is 0 Å². The second kappa shape index (κ2) is 10.4. The van der Waals surface area contributed by atoms with Crippen LogP contribution in [0.25, 0.3) is 0 Å². The van der Waals surface area contributed by atoms with Gasteiger partial charge in [-0.25, -0.2) is 4.57 Å². The van der Waals surface area contributed by atoms with Gasteiger partial charge in [-0.2, -0.15) is 0 Å². The van der Waals surface area contributed by atoms with E-state index in [0.29, 0.717) is 0 Å². The molecule has 136 valence electrons. The largest absolute Gasteiger partial charge is 0.584 e. The normalized spacial score (nSPS) is 11.0. The number of nitrogens with one attached hydrogen (secondary N) is 1. The number of guanidine groups is 1. The molecule has 0 atom stereocenters. The molecular formula is C17H24N3O4P. The van der Waals surface area contributed by atoms with Crippen LogP contribution in [0.2, 0.25) is 0 Å². The minimum Gasteiger partial charge on any atom is -0.395 e. The van der Waals surface area contributed by atoms with Gasteiger partial charge in [-0.3, -0.25) is 9.89 Å². The minimum atomic E-state index is -4.14. The summed E-state index contributed by atoms with van der Waals surface area (Å²) in [7, 11) is 3.36. The number of hydrogen-bond donors (Lipinski definition) is 2. The average molecular weight is 365 g/mol. The van der Waals surface area contributed by atoms with Gasteiger partial charge in [0.1, 0.15) is 11.5 Å². The molecule has 0 aromatic heterocycles. The van der Waals surface area contributed by atoms with Gasteiger partial charge in [0.25, 0.3) is 0 Å². The van der Waals surface area contributed by atoms with Crippen LogP contribution in [-0.2, 0) is 4.57 Å². The van der Waals surface area contributed by atoms with Crippen LogP contribution in [0.4, 0.5) is 0 Å². The van der Waals surface area contributed by atoms with Gasteiger partial charge in [-0.05, 0) is 24.3 Å². The summed E-state index contributed by atoms with van der Waals surface area (Å²) in [6.45, 7) is 0. The van der Waals surface area contributed by atoms with E-state index in [4.69, 9.17) is 9.05 Å². The molecule has 0 aliphatic carbocycles. The van der Waals surface area contributed by atoms with Gasteiger partial charge >= 0.3 is 7.82 Å². The van der Waals surface area contributed by atoms with Crippen molar-refractivity contribution < 1.29 is 18.5 Å². The SMILES string of the molecule is CN=C(NC)N(C)C.O=P(O)(Oc1ccccc1)Oc1ccccc1. The predicted molar refractivity (Wildman–Crippen MR) is 100 cm³/mol. The minimum absolute atomic E-state index is 0.286. The van der Waals surface area contributed by atoms with E-state index in [-0.39, 0.29) is 11.5 Å². The monoisotopic (exact) mass is 365 g/mol. The topological polar surface area (TPSA) is 83.4 Å². The first-order valence-electron chi connectivity index (χ1n) is 7.52. The van der Waals surface area contributed by atoms with E-state index in [1.165, 1.54) is 0 Å². The lowest BCUT2D eigenvalue weighted by Gasteiger charge is -2.13. The molecule has 0 saturated heterocycles. The Balaban J connectivity index is 0.000000333. The summed E-state index contributed by atoms with van der Waals surface area (Å²) in [6, 6.07) is 16.7. The standard InChI is InChI=1S/C12H11O4P.C5H13N3/c13-17(14,15-11-7-3-1-4-8-11)16-12-9-5-2-6-10-12;1-6-5(7-2)8(3)4/h1-10H,(H,13,14);1-4H3,(H,6,7). The first-order chi connectivity index (χ1) is 11.9. The number of aliphatic imine (C=N–C) groups is 1. The summed E-state index contributed by atoms with van der Waals surface area (Å²) in [6.07, 6.45) is 0. The predicted octanol–water partition coefficient (Wildman–Crippen LogP) is 3.00. The third-order valence-electron chi connectivity index (χ3n) is 2.79. The molecule has 0 aliphatic heterocycles. The molecule has 8 heteroatoms. The zero-order valence-corrected chi connectivity index (χ0v) is 15.7. The number of phosphoric acid groups is 1. The highest BCUT2D eigenvalue weighted by atomic mass is 31.2. The Morgan fingerprint density at radius 3 is 1.64 bits per heavy atom. The van der Waals surface area contributed by atoms with Gasteiger partial charge < -0.3 is 19.3 Å². The molecule has 0 spiro atoms. The highest BCUT2D eigenvalue weighted by Gasteiger charge is 2.24. The van der Waals surface area contributed by atoms with Gasteiger partial charge in [-0.15, -0.1) is 0 Å². The van der Waals surface area contributed by atoms with Crippen molar-refractivity contribution in [1.82, 2.24) is 10.2 Å². The van der Waals surface area contributed by atoms with E-state index >= 15 is 0 Å². The highest BCUT2D eigenvalue weighted by Crippen LogP contribution is 2.44. The smallest absolute Gasteiger partial charge is 0.395 e. The van der Waals surface area contributed by atoms with E-state index in [2.05, 4.69) is 10.3 Å². The zero-order valence-electron chi connectivity index (χ0n) is 14.8. The summed E-state index contributed by atoms with van der Waals surface area (Å²) in [5.41, 5.74) is 0. The van der Waals surface area contributed by atoms with E-state index in [1.54, 1.807) is 67.7 Å². The second-order valence-corrected chi connectivity index (χ2v) is 6.27. The van der Waals surface area contributed by atoms with Crippen molar-refractivity contribution in [3.05, 3.63) is 60.7 Å². The Kier molecular flexibility index (Phi) is 8.53. The van der Waals surface area contributed by atoms with Crippen molar-refractivity contribution in [2.45, 2.75) is 0 Å². The van der Waals surface area contributed by atoms with Crippen LogP contribution in [0.5, 0.6) is 11.5 Å². The molecule has 25 heavy (non-hydrogen) atoms. The fourth-order valence-corrected chi connectivity index (χ4v) is 2.60. The molecule has 7 nitrogen and oxygen atoms in total. The highest BCUT2D eigenvalue weighted by molar-refractivity contribution is 7.48. The van der Waals surface area contributed by atoms with Crippen LogP contribution in [-0.4, -0.2) is 43.9 Å². The Hall–Kier alpha value is -2.50. The third kappa shape index (κ3) is 8.24. The van der Waals surface area contributed by atoms with Crippen molar-refractivity contribution in [2.24, 2.45) is 4.99 Å². The lowest BCUT2D eigenvalue weighted by molar-refractivity contribution is 0.291. The molecule has 0 radical (unpaired) electrons. The van der Waals surface area contributed by atoms with E-state index in [0.717, 1.165) is 5.96 Å². The van der Waals surface area contributed by atoms with Crippen LogP contribution >= 0.6 is 7.82 Å². The summed E-state index contributed by atoms with van der Waals surface area (Å²) >= 11 is 0. The maximum atomic E-state index is 11.7. The maximum absolute atomic E-state index is 11.7. The second-order valence-electron chi connectivity index (χ2n) is 4.97. The summed E-state index contributed by atoms with van der Waals surface area (Å²) in [4.78, 5) is 15.4. The number of para-hydroxylation sites is 2. The first-order valence-corrected chi connectivity index (χ1v) is 9.01. The summed E-state index contributed by atoms with van der Waals surface area (Å²) in [5, 5.41) is 2.93. The van der Waals surface area contributed by atoms with Gasteiger partial charge in [0, 0.05) is 28.2 Å². The molecule has 0 fully saturated rings. The lowest BCUT2D eigenvalue weighted by atomic mass is 10.3. The fourth-order valence-electron chi connectivity index (χ4n) is 1.78. The Morgan fingerprint density at radius 2 is 1.40 bits per heavy atom. The van der Waals surface area contributed by atoms with Crippen LogP contribution in [0.3, 0.4) is 0 Å². The zero-order chi connectivity index (χ0) is 18.7. The summed E-state index contributed by atoms with van der Waals surface area (Å²) < 4.78 is 21.5. The first kappa shape index (κ1) is 20.5. The maximum Gasteiger partial charge on any atom is 0.584 e. The van der Waals surface area contributed by atoms with E-state index < -0.39 is 7.82 Å². The Morgan fingerprint density at radius 1 is 1.00 bits per heavy atom. The molecule has 0 aliphatic rings. The van der Waals surface area contributed by atoms with Crippen molar-refractivity contribution >= 4 is 13.8 Å². The van der Waals surface area contributed by atoms with Crippen molar-refractivity contribution in [3.8, 4) is 11.5 Å². The molecule has 0 amide bonds. The molecule has 2 rings (SSSR count). The Labute approximate surface area is 148 Å². The van der Waals surface area contributed by atoms with Crippen LogP contribution in [0.1, 0.15) is 0 Å². The number of phosphoric ester groups is 1. The summed E-state index contributed by atoms with van der Waals surface area (Å²) in [5.74, 6) is 1.47. The molecular weight excluding hydrogens is 341 g/mol. The van der Waals surface area contributed by atoms with Crippen molar-refractivity contribution in [2.75, 3.05) is 28.2 Å². The number of nitrogens with zero attached hydrogens (tertiary/aromatic N) is 2. The molecule has 0 unspecified atom stereocenters. The molecule has 2 N–H and O–H groups in total. The average Bonchev–Trinajstić information content (AvgIpc) is 2.57. The molecule has 0 saturated carbocycles. The van der Waals surface area contributed by atoms with Gasteiger partial charge in [-0.1, -0.05) is 36.4 Å². The molecule has 0 heterocycles. The van der Waals surface area contributed by atoms with Crippen LogP contribution in [0.15, 0.2) is 65.7 Å². The van der Waals surface area contributed by atoms with Gasteiger partial charge in [0.05, 0.1) is 0 Å².